The van der Waals surface area contributed by atoms with Gasteiger partial charge in [-0.15, -0.1) is 5.10 Å². The van der Waals surface area contributed by atoms with Crippen LogP contribution in [0.3, 0.4) is 0 Å². The Morgan fingerprint density at radius 2 is 2.60 bits per heavy atom. The van der Waals surface area contributed by atoms with Gasteiger partial charge in [0.05, 0.1) is 13.2 Å². The highest BCUT2D eigenvalue weighted by Crippen LogP contribution is 1.85. The second-order valence-corrected chi connectivity index (χ2v) is 1.67. The molecule has 1 aromatic heterocycles. The maximum atomic E-state index is 8.43. The van der Waals surface area contributed by atoms with Crippen molar-refractivity contribution >= 4 is 0 Å². The van der Waals surface area contributed by atoms with E-state index >= 15 is 0 Å². The summed E-state index contributed by atoms with van der Waals surface area (Å²) in [7, 11) is 0. The second-order valence-electron chi connectivity index (χ2n) is 1.67. The van der Waals surface area contributed by atoms with Crippen molar-refractivity contribution in [3.05, 3.63) is 12.2 Å². The summed E-state index contributed by atoms with van der Waals surface area (Å²) in [6, 6.07) is 1.78. The molecule has 1 rings (SSSR count). The van der Waals surface area contributed by atoms with E-state index in [2.05, 4.69) is 10.1 Å². The number of nitriles is 1. The molecule has 0 aromatic carbocycles. The fourth-order valence-electron chi connectivity index (χ4n) is 0.556. The Kier molecular flexibility index (Phi) is 1.97. The van der Waals surface area contributed by atoms with Crippen molar-refractivity contribution in [3.63, 3.8) is 0 Å². The van der Waals surface area contributed by atoms with Gasteiger partial charge in [-0.3, -0.25) is 0 Å². The lowest BCUT2D eigenvalue weighted by molar-refractivity contribution is 0.269. The minimum absolute atomic E-state index is 0.00816. The average molecular weight is 138 g/mol. The summed E-state index contributed by atoms with van der Waals surface area (Å²) >= 11 is 0. The molecule has 0 bridgehead atoms. The first kappa shape index (κ1) is 6.71. The van der Waals surface area contributed by atoms with E-state index < -0.39 is 0 Å². The number of aliphatic hydroxyl groups is 1. The number of nitrogens with zero attached hydrogens (tertiary/aromatic N) is 4. The zero-order chi connectivity index (χ0) is 7.40. The van der Waals surface area contributed by atoms with Crippen LogP contribution in [0.4, 0.5) is 0 Å². The first-order valence-electron chi connectivity index (χ1n) is 2.77. The van der Waals surface area contributed by atoms with Gasteiger partial charge in [-0.05, 0) is 0 Å². The summed E-state index contributed by atoms with van der Waals surface area (Å²) < 4.78 is 1.42. The predicted molar refractivity (Wildman–Crippen MR) is 31.8 cm³/mol. The molecule has 0 atom stereocenters. The lowest BCUT2D eigenvalue weighted by Crippen LogP contribution is -2.02. The van der Waals surface area contributed by atoms with Gasteiger partial charge >= 0.3 is 0 Å². The zero-order valence-corrected chi connectivity index (χ0v) is 5.23. The van der Waals surface area contributed by atoms with Crippen LogP contribution in [0.15, 0.2) is 6.33 Å². The Morgan fingerprint density at radius 1 is 1.80 bits per heavy atom. The number of aliphatic hydroxyl groups excluding tert-OH is 1. The Labute approximate surface area is 57.5 Å². The molecule has 0 amide bonds. The van der Waals surface area contributed by atoms with Crippen LogP contribution in [-0.4, -0.2) is 26.5 Å². The van der Waals surface area contributed by atoms with Gasteiger partial charge in [-0.25, -0.2) is 9.67 Å². The van der Waals surface area contributed by atoms with Crippen LogP contribution in [0.5, 0.6) is 0 Å². The van der Waals surface area contributed by atoms with Gasteiger partial charge in [-0.2, -0.15) is 5.26 Å². The van der Waals surface area contributed by atoms with E-state index in [0.717, 1.165) is 0 Å². The molecule has 1 heterocycles. The predicted octanol–water partition coefficient (Wildman–Crippen LogP) is -0.858. The van der Waals surface area contributed by atoms with E-state index in [1.807, 2.05) is 0 Å². The van der Waals surface area contributed by atoms with Gasteiger partial charge in [0, 0.05) is 0 Å². The summed E-state index contributed by atoms with van der Waals surface area (Å²) in [5, 5.41) is 20.4. The molecule has 0 radical (unpaired) electrons. The molecular formula is C5H6N4O. The number of hydrogen-bond acceptors (Lipinski definition) is 4. The normalized spacial score (nSPS) is 9.20. The Hall–Kier alpha value is -1.41. The molecule has 0 aliphatic heterocycles. The van der Waals surface area contributed by atoms with Gasteiger partial charge in [0.2, 0.25) is 0 Å². The summed E-state index contributed by atoms with van der Waals surface area (Å²) in [6.45, 7) is 0.392. The fourth-order valence-corrected chi connectivity index (χ4v) is 0.556. The van der Waals surface area contributed by atoms with Gasteiger partial charge in [-0.1, -0.05) is 0 Å². The Morgan fingerprint density at radius 3 is 3.10 bits per heavy atom. The topological polar surface area (TPSA) is 74.7 Å². The third-order valence-electron chi connectivity index (χ3n) is 0.966. The standard InChI is InChI=1S/C5H6N4O/c6-3-5-7-4-9(8-5)1-2-10/h4,10H,1-2H2. The molecule has 0 saturated carbocycles. The van der Waals surface area contributed by atoms with Crippen LogP contribution in [0.1, 0.15) is 5.82 Å². The lowest BCUT2D eigenvalue weighted by atomic mass is 10.7. The molecule has 0 aliphatic carbocycles. The smallest absolute Gasteiger partial charge is 0.252 e. The fraction of sp³-hybridized carbons (Fsp3) is 0.400. The van der Waals surface area contributed by atoms with Crippen molar-refractivity contribution < 1.29 is 5.11 Å². The van der Waals surface area contributed by atoms with Crippen LogP contribution < -0.4 is 0 Å². The van der Waals surface area contributed by atoms with Crippen molar-refractivity contribution in [1.29, 1.82) is 5.26 Å². The maximum Gasteiger partial charge on any atom is 0.252 e. The van der Waals surface area contributed by atoms with Crippen LogP contribution in [0, 0.1) is 11.3 Å². The molecule has 0 fully saturated rings. The van der Waals surface area contributed by atoms with Crippen LogP contribution >= 0.6 is 0 Å². The van der Waals surface area contributed by atoms with Crippen LogP contribution in [0.2, 0.25) is 0 Å². The van der Waals surface area contributed by atoms with E-state index in [1.54, 1.807) is 6.07 Å². The number of aromatic nitrogens is 3. The van der Waals surface area contributed by atoms with Crippen molar-refractivity contribution in [2.45, 2.75) is 6.54 Å². The average Bonchev–Trinajstić information content (AvgIpc) is 2.37. The van der Waals surface area contributed by atoms with Gasteiger partial charge < -0.3 is 5.11 Å². The molecule has 52 valence electrons. The SMILES string of the molecule is N#Cc1ncn(CCO)n1. The number of rotatable bonds is 2. The highest BCUT2D eigenvalue weighted by atomic mass is 16.3. The molecule has 10 heavy (non-hydrogen) atoms. The first-order valence-corrected chi connectivity index (χ1v) is 2.77. The monoisotopic (exact) mass is 138 g/mol. The van der Waals surface area contributed by atoms with Crippen molar-refractivity contribution in [2.24, 2.45) is 0 Å². The summed E-state index contributed by atoms with van der Waals surface area (Å²) in [5.74, 6) is 0.133. The van der Waals surface area contributed by atoms with Crippen molar-refractivity contribution in [2.75, 3.05) is 6.61 Å². The summed E-state index contributed by atoms with van der Waals surface area (Å²) in [4.78, 5) is 3.63. The quantitative estimate of drug-likeness (QED) is 0.577. The van der Waals surface area contributed by atoms with Crippen LogP contribution in [-0.2, 0) is 6.54 Å². The van der Waals surface area contributed by atoms with E-state index in [4.69, 9.17) is 10.4 Å². The van der Waals surface area contributed by atoms with E-state index in [9.17, 15) is 0 Å². The molecule has 0 spiro atoms. The Bertz CT molecular complexity index is 248. The third-order valence-corrected chi connectivity index (χ3v) is 0.966. The molecule has 5 heteroatoms. The molecule has 0 aliphatic rings. The van der Waals surface area contributed by atoms with Gasteiger partial charge in [0.15, 0.2) is 0 Å². The lowest BCUT2D eigenvalue weighted by Gasteiger charge is -1.91. The molecule has 1 N–H and O–H groups in total. The van der Waals surface area contributed by atoms with Crippen molar-refractivity contribution in [3.8, 4) is 6.07 Å². The largest absolute Gasteiger partial charge is 0.394 e. The first-order chi connectivity index (χ1) is 4.86. The second kappa shape index (κ2) is 2.94. The zero-order valence-electron chi connectivity index (χ0n) is 5.23. The van der Waals surface area contributed by atoms with Gasteiger partial charge in [0.1, 0.15) is 12.4 Å². The van der Waals surface area contributed by atoms with E-state index in [0.29, 0.717) is 6.54 Å². The maximum absolute atomic E-state index is 8.43. The minimum atomic E-state index is 0.00816. The summed E-state index contributed by atoms with van der Waals surface area (Å²) in [6.07, 6.45) is 1.41. The molecular weight excluding hydrogens is 132 g/mol. The molecule has 0 saturated heterocycles. The van der Waals surface area contributed by atoms with Crippen LogP contribution in [0.25, 0.3) is 0 Å². The third kappa shape index (κ3) is 1.30. The summed E-state index contributed by atoms with van der Waals surface area (Å²) in [5.41, 5.74) is 0. The highest BCUT2D eigenvalue weighted by molar-refractivity contribution is 5.05. The highest BCUT2D eigenvalue weighted by Gasteiger charge is 1.95. The number of hydrogen-bond donors (Lipinski definition) is 1. The van der Waals surface area contributed by atoms with E-state index in [-0.39, 0.29) is 12.4 Å². The van der Waals surface area contributed by atoms with E-state index in [1.165, 1.54) is 11.0 Å². The minimum Gasteiger partial charge on any atom is -0.394 e. The molecule has 1 aromatic rings. The molecule has 5 nitrogen and oxygen atoms in total. The van der Waals surface area contributed by atoms with Crippen molar-refractivity contribution in [1.82, 2.24) is 14.8 Å². The Balaban J connectivity index is 2.71. The molecule has 0 unspecified atom stereocenters. The van der Waals surface area contributed by atoms with Gasteiger partial charge in [0.25, 0.3) is 5.82 Å².